The van der Waals surface area contributed by atoms with E-state index < -0.39 is 27.9 Å². The van der Waals surface area contributed by atoms with Crippen LogP contribution in [0.2, 0.25) is 0 Å². The van der Waals surface area contributed by atoms with Gasteiger partial charge < -0.3 is 20.4 Å². The summed E-state index contributed by atoms with van der Waals surface area (Å²) in [6.07, 6.45) is 2.00. The topological polar surface area (TPSA) is 141 Å². The second kappa shape index (κ2) is 5.82. The Morgan fingerprint density at radius 2 is 1.72 bits per heavy atom. The van der Waals surface area contributed by atoms with Crippen molar-refractivity contribution in [3.05, 3.63) is 56.6 Å². The van der Waals surface area contributed by atoms with Crippen LogP contribution in [0.3, 0.4) is 0 Å². The molecule has 1 aliphatic rings. The summed E-state index contributed by atoms with van der Waals surface area (Å²) < 4.78 is 0. The SMILES string of the molecule is O=C1/C(=C\c2ccc(O)c(O)c2)CCc2cc(O)c(O)c([N+](=O)[O-])c21. The van der Waals surface area contributed by atoms with Crippen LogP contribution in [0.15, 0.2) is 29.8 Å². The summed E-state index contributed by atoms with van der Waals surface area (Å²) in [7, 11) is 0. The summed E-state index contributed by atoms with van der Waals surface area (Å²) in [4.78, 5) is 23.0. The molecule has 0 heterocycles. The monoisotopic (exact) mass is 343 g/mol. The van der Waals surface area contributed by atoms with Gasteiger partial charge in [0, 0.05) is 5.57 Å². The maximum atomic E-state index is 12.7. The predicted octanol–water partition coefficient (Wildman–Crippen LogP) is 2.63. The van der Waals surface area contributed by atoms with Crippen molar-refractivity contribution in [2.75, 3.05) is 0 Å². The van der Waals surface area contributed by atoms with E-state index in [1.165, 1.54) is 24.3 Å². The largest absolute Gasteiger partial charge is 0.504 e. The van der Waals surface area contributed by atoms with Crippen molar-refractivity contribution in [3.63, 3.8) is 0 Å². The van der Waals surface area contributed by atoms with Crippen LogP contribution in [-0.2, 0) is 6.42 Å². The van der Waals surface area contributed by atoms with Gasteiger partial charge in [-0.3, -0.25) is 14.9 Å². The number of phenols is 4. The second-order valence-electron chi connectivity index (χ2n) is 5.63. The number of ketones is 1. The van der Waals surface area contributed by atoms with Crippen molar-refractivity contribution in [2.45, 2.75) is 12.8 Å². The zero-order chi connectivity index (χ0) is 18.3. The van der Waals surface area contributed by atoms with Gasteiger partial charge in [-0.1, -0.05) is 6.07 Å². The highest BCUT2D eigenvalue weighted by Gasteiger charge is 2.35. The Morgan fingerprint density at radius 1 is 1.00 bits per heavy atom. The fraction of sp³-hybridized carbons (Fsp3) is 0.118. The van der Waals surface area contributed by atoms with Crippen molar-refractivity contribution < 1.29 is 30.1 Å². The lowest BCUT2D eigenvalue weighted by Crippen LogP contribution is -2.16. The van der Waals surface area contributed by atoms with E-state index in [2.05, 4.69) is 0 Å². The Kier molecular flexibility index (Phi) is 3.80. The lowest BCUT2D eigenvalue weighted by atomic mass is 9.84. The van der Waals surface area contributed by atoms with Gasteiger partial charge in [-0.2, -0.15) is 0 Å². The summed E-state index contributed by atoms with van der Waals surface area (Å²) >= 11 is 0. The molecule has 25 heavy (non-hydrogen) atoms. The molecule has 0 atom stereocenters. The number of hydrogen-bond acceptors (Lipinski definition) is 7. The number of nitro benzene ring substituents is 1. The quantitative estimate of drug-likeness (QED) is 0.284. The number of hydrogen-bond donors (Lipinski definition) is 4. The van der Waals surface area contributed by atoms with Gasteiger partial charge in [-0.05, 0) is 48.2 Å². The molecule has 2 aromatic carbocycles. The summed E-state index contributed by atoms with van der Waals surface area (Å²) in [6.45, 7) is 0. The van der Waals surface area contributed by atoms with Crippen molar-refractivity contribution in [1.82, 2.24) is 0 Å². The van der Waals surface area contributed by atoms with Gasteiger partial charge in [0.15, 0.2) is 23.0 Å². The van der Waals surface area contributed by atoms with E-state index in [0.29, 0.717) is 5.56 Å². The first kappa shape index (κ1) is 16.3. The lowest BCUT2D eigenvalue weighted by Gasteiger charge is -2.18. The Morgan fingerprint density at radius 3 is 2.36 bits per heavy atom. The number of Topliss-reactive ketones (excluding diaryl/α,β-unsaturated/α-hetero) is 1. The number of rotatable bonds is 2. The molecule has 0 aromatic heterocycles. The normalized spacial score (nSPS) is 15.2. The summed E-state index contributed by atoms with van der Waals surface area (Å²) in [6, 6.07) is 5.15. The number of aryl methyl sites for hydroxylation is 1. The molecule has 4 N–H and O–H groups in total. The first-order chi connectivity index (χ1) is 11.8. The van der Waals surface area contributed by atoms with E-state index in [-0.39, 0.29) is 41.0 Å². The molecule has 0 saturated heterocycles. The first-order valence-corrected chi connectivity index (χ1v) is 7.29. The lowest BCUT2D eigenvalue weighted by molar-refractivity contribution is -0.386. The number of allylic oxidation sites excluding steroid dienone is 1. The molecule has 0 fully saturated rings. The van der Waals surface area contributed by atoms with Crippen LogP contribution in [0.1, 0.15) is 27.9 Å². The Bertz CT molecular complexity index is 946. The van der Waals surface area contributed by atoms with E-state index in [1.54, 1.807) is 0 Å². The number of nitrogens with zero attached hydrogens (tertiary/aromatic N) is 1. The highest BCUT2D eigenvalue weighted by molar-refractivity contribution is 6.16. The fourth-order valence-corrected chi connectivity index (χ4v) is 2.84. The minimum atomic E-state index is -0.944. The molecule has 0 radical (unpaired) electrons. The zero-order valence-electron chi connectivity index (χ0n) is 12.8. The molecule has 1 aliphatic carbocycles. The van der Waals surface area contributed by atoms with Crippen LogP contribution in [-0.4, -0.2) is 31.1 Å². The molecular weight excluding hydrogens is 330 g/mol. The predicted molar refractivity (Wildman–Crippen MR) is 86.8 cm³/mol. The van der Waals surface area contributed by atoms with Gasteiger partial charge >= 0.3 is 5.69 Å². The summed E-state index contributed by atoms with van der Waals surface area (Å²) in [5.41, 5.74) is -0.0869. The maximum Gasteiger partial charge on any atom is 0.326 e. The van der Waals surface area contributed by atoms with Crippen molar-refractivity contribution >= 4 is 17.5 Å². The Hall–Kier alpha value is -3.55. The third kappa shape index (κ3) is 2.74. The van der Waals surface area contributed by atoms with Gasteiger partial charge in [0.1, 0.15) is 5.56 Å². The van der Waals surface area contributed by atoms with Crippen LogP contribution < -0.4 is 0 Å². The van der Waals surface area contributed by atoms with E-state index in [4.69, 9.17) is 0 Å². The number of phenolic OH excluding ortho intramolecular Hbond substituents is 4. The third-order valence-electron chi connectivity index (χ3n) is 4.04. The van der Waals surface area contributed by atoms with Crippen LogP contribution in [0.25, 0.3) is 6.08 Å². The van der Waals surface area contributed by atoms with Crippen LogP contribution in [0, 0.1) is 10.1 Å². The molecule has 8 nitrogen and oxygen atoms in total. The molecule has 0 spiro atoms. The van der Waals surface area contributed by atoms with Gasteiger partial charge in [0.25, 0.3) is 0 Å². The van der Waals surface area contributed by atoms with Crippen LogP contribution >= 0.6 is 0 Å². The van der Waals surface area contributed by atoms with Crippen LogP contribution in [0.4, 0.5) is 5.69 Å². The Labute approximate surface area is 141 Å². The van der Waals surface area contributed by atoms with Crippen molar-refractivity contribution in [1.29, 1.82) is 0 Å². The zero-order valence-corrected chi connectivity index (χ0v) is 12.8. The van der Waals surface area contributed by atoms with Gasteiger partial charge in [0.2, 0.25) is 5.75 Å². The van der Waals surface area contributed by atoms with E-state index >= 15 is 0 Å². The number of aromatic hydroxyl groups is 4. The van der Waals surface area contributed by atoms with Gasteiger partial charge in [0.05, 0.1) is 4.92 Å². The number of carbonyl (C=O) groups is 1. The highest BCUT2D eigenvalue weighted by atomic mass is 16.6. The smallest absolute Gasteiger partial charge is 0.326 e. The summed E-state index contributed by atoms with van der Waals surface area (Å²) in [5, 5.41) is 49.5. The van der Waals surface area contributed by atoms with Crippen LogP contribution in [0.5, 0.6) is 23.0 Å². The van der Waals surface area contributed by atoms with E-state index in [9.17, 15) is 35.3 Å². The second-order valence-corrected chi connectivity index (χ2v) is 5.63. The van der Waals surface area contributed by atoms with E-state index in [1.807, 2.05) is 0 Å². The van der Waals surface area contributed by atoms with Gasteiger partial charge in [-0.15, -0.1) is 0 Å². The first-order valence-electron chi connectivity index (χ1n) is 7.29. The molecular formula is C17H13NO7. The van der Waals surface area contributed by atoms with E-state index in [0.717, 1.165) is 6.07 Å². The molecule has 0 unspecified atom stereocenters. The fourth-order valence-electron chi connectivity index (χ4n) is 2.84. The molecule has 0 amide bonds. The minimum Gasteiger partial charge on any atom is -0.504 e. The molecule has 8 heteroatoms. The maximum absolute atomic E-state index is 12.7. The number of benzene rings is 2. The average molecular weight is 343 g/mol. The number of fused-ring (bicyclic) bond motifs is 1. The number of carbonyl (C=O) groups excluding carboxylic acids is 1. The molecule has 2 aromatic rings. The standard InChI is InChI=1S/C17H13NO7/c19-11-4-1-8(6-12(11)20)5-10-3-2-9-7-13(21)17(23)15(18(24)25)14(9)16(10)22/h1,4-7,19-21,23H,2-3H2/b10-5-. The molecule has 0 aliphatic heterocycles. The third-order valence-corrected chi connectivity index (χ3v) is 4.04. The summed E-state index contributed by atoms with van der Waals surface area (Å²) in [5.74, 6) is -2.88. The van der Waals surface area contributed by atoms with Gasteiger partial charge in [-0.25, -0.2) is 0 Å². The minimum absolute atomic E-state index is 0.249. The molecule has 128 valence electrons. The average Bonchev–Trinajstić information content (AvgIpc) is 2.55. The highest BCUT2D eigenvalue weighted by Crippen LogP contribution is 2.43. The Balaban J connectivity index is 2.12. The number of nitro groups is 1. The van der Waals surface area contributed by atoms with Crippen molar-refractivity contribution in [2.24, 2.45) is 0 Å². The van der Waals surface area contributed by atoms with Crippen molar-refractivity contribution in [3.8, 4) is 23.0 Å². The molecule has 3 rings (SSSR count). The molecule has 0 bridgehead atoms. The molecule has 0 saturated carbocycles.